The largest absolute Gasteiger partial charge is 0.372 e. The summed E-state index contributed by atoms with van der Waals surface area (Å²) in [7, 11) is 0. The Kier molecular flexibility index (Phi) is 6.80. The molecule has 0 aliphatic carbocycles. The smallest absolute Gasteiger partial charge is 0.226 e. The van der Waals surface area contributed by atoms with Crippen LogP contribution in [0.15, 0.2) is 66.0 Å². The van der Waals surface area contributed by atoms with Crippen LogP contribution in [0.1, 0.15) is 40.5 Å². The Morgan fingerprint density at radius 3 is 2.43 bits per heavy atom. The van der Waals surface area contributed by atoms with Crippen molar-refractivity contribution in [2.45, 2.75) is 25.3 Å². The zero-order valence-corrected chi connectivity index (χ0v) is 20.3. The summed E-state index contributed by atoms with van der Waals surface area (Å²) < 4.78 is 28.6. The quantitative estimate of drug-likeness (QED) is 0.298. The molecule has 0 radical (unpaired) electrons. The van der Waals surface area contributed by atoms with Gasteiger partial charge in [0.2, 0.25) is 5.78 Å². The fraction of sp³-hybridized carbons (Fsp3) is 0.357. The van der Waals surface area contributed by atoms with E-state index in [0.717, 1.165) is 41.8 Å². The van der Waals surface area contributed by atoms with Crippen molar-refractivity contribution in [3.63, 3.8) is 0 Å². The SMILES string of the molecule is O=C(C[N+]12CCC(CC1)C(CC(=O)C(Nc1cccc(F)c1)c1cccc(F)c1)C2)c1cccs1. The number of thiophene rings is 1. The number of halogens is 2. The van der Waals surface area contributed by atoms with Gasteiger partial charge in [-0.1, -0.05) is 24.3 Å². The van der Waals surface area contributed by atoms with Crippen molar-refractivity contribution in [3.05, 3.63) is 88.1 Å². The van der Waals surface area contributed by atoms with Crippen LogP contribution in [-0.4, -0.2) is 42.2 Å². The first kappa shape index (κ1) is 23.8. The summed E-state index contributed by atoms with van der Waals surface area (Å²) in [5.74, 6) is -0.0535. The molecule has 2 bridgehead atoms. The lowest BCUT2D eigenvalue weighted by atomic mass is 9.74. The molecule has 3 aliphatic heterocycles. The minimum atomic E-state index is -0.774. The molecule has 35 heavy (non-hydrogen) atoms. The van der Waals surface area contributed by atoms with Gasteiger partial charge in [-0.25, -0.2) is 8.78 Å². The van der Waals surface area contributed by atoms with Crippen molar-refractivity contribution in [1.29, 1.82) is 0 Å². The Balaban J connectivity index is 1.34. The first-order valence-corrected chi connectivity index (χ1v) is 13.0. The van der Waals surface area contributed by atoms with E-state index in [4.69, 9.17) is 0 Å². The number of benzene rings is 2. The summed E-state index contributed by atoms with van der Waals surface area (Å²) in [6.07, 6.45) is 2.37. The second-order valence-electron chi connectivity index (χ2n) is 9.94. The molecule has 2 unspecified atom stereocenters. The molecular weight excluding hydrogens is 466 g/mol. The number of ketones is 2. The van der Waals surface area contributed by atoms with E-state index in [1.165, 1.54) is 35.6 Å². The number of carbonyl (C=O) groups is 2. The highest BCUT2D eigenvalue weighted by atomic mass is 32.1. The first-order chi connectivity index (χ1) is 16.9. The number of Topliss-reactive ketones (excluding diaryl/α,β-unsaturated/α-hetero) is 2. The van der Waals surface area contributed by atoms with E-state index < -0.39 is 17.7 Å². The highest BCUT2D eigenvalue weighted by Gasteiger charge is 2.47. The number of carbonyl (C=O) groups excluding carboxylic acids is 2. The van der Waals surface area contributed by atoms with Gasteiger partial charge >= 0.3 is 0 Å². The Hall–Kier alpha value is -2.90. The topological polar surface area (TPSA) is 46.2 Å². The van der Waals surface area contributed by atoms with Crippen molar-refractivity contribution >= 4 is 28.6 Å². The van der Waals surface area contributed by atoms with Crippen molar-refractivity contribution in [1.82, 2.24) is 0 Å². The van der Waals surface area contributed by atoms with Gasteiger partial charge in [-0.2, -0.15) is 0 Å². The van der Waals surface area contributed by atoms with E-state index in [1.54, 1.807) is 24.3 Å². The third kappa shape index (κ3) is 5.36. The van der Waals surface area contributed by atoms with E-state index in [2.05, 4.69) is 5.32 Å². The third-order valence-electron chi connectivity index (χ3n) is 7.61. The van der Waals surface area contributed by atoms with E-state index in [0.29, 0.717) is 30.1 Å². The number of piperidine rings is 3. The summed E-state index contributed by atoms with van der Waals surface area (Å²) in [6.45, 7) is 3.23. The van der Waals surface area contributed by atoms with Crippen LogP contribution in [0.4, 0.5) is 14.5 Å². The maximum atomic E-state index is 14.0. The lowest BCUT2D eigenvalue weighted by Gasteiger charge is -2.52. The van der Waals surface area contributed by atoms with Crippen LogP contribution in [-0.2, 0) is 4.79 Å². The molecule has 0 amide bonds. The third-order valence-corrected chi connectivity index (χ3v) is 8.53. The number of fused-ring (bicyclic) bond motifs is 3. The lowest BCUT2D eigenvalue weighted by molar-refractivity contribution is -0.939. The normalized spacial score (nSPS) is 24.2. The Morgan fingerprint density at radius 2 is 1.74 bits per heavy atom. The van der Waals surface area contributed by atoms with Gasteiger partial charge in [0.15, 0.2) is 5.78 Å². The molecule has 1 aromatic heterocycles. The number of hydrogen-bond donors (Lipinski definition) is 1. The Bertz CT molecular complexity index is 1210. The number of rotatable bonds is 9. The van der Waals surface area contributed by atoms with Gasteiger partial charge in [-0.15, -0.1) is 11.3 Å². The molecule has 3 fully saturated rings. The monoisotopic (exact) mass is 495 g/mol. The van der Waals surface area contributed by atoms with Crippen LogP contribution in [0.3, 0.4) is 0 Å². The number of anilines is 1. The zero-order valence-electron chi connectivity index (χ0n) is 19.5. The van der Waals surface area contributed by atoms with Crippen molar-refractivity contribution < 1.29 is 22.9 Å². The molecule has 3 aromatic rings. The number of nitrogens with zero attached hydrogens (tertiary/aromatic N) is 1. The van der Waals surface area contributed by atoms with Gasteiger partial charge in [-0.05, 0) is 53.3 Å². The average Bonchev–Trinajstić information content (AvgIpc) is 3.38. The fourth-order valence-corrected chi connectivity index (χ4v) is 6.52. The lowest BCUT2D eigenvalue weighted by Crippen LogP contribution is -2.63. The molecule has 4 heterocycles. The maximum absolute atomic E-state index is 14.0. The minimum absolute atomic E-state index is 0.0404. The second-order valence-corrected chi connectivity index (χ2v) is 10.9. The maximum Gasteiger partial charge on any atom is 0.226 e. The fourth-order valence-electron chi connectivity index (χ4n) is 5.87. The molecule has 2 aromatic carbocycles. The van der Waals surface area contributed by atoms with Crippen LogP contribution < -0.4 is 5.32 Å². The predicted molar refractivity (Wildman–Crippen MR) is 133 cm³/mol. The number of quaternary nitrogens is 1. The van der Waals surface area contributed by atoms with Crippen LogP contribution in [0, 0.1) is 23.5 Å². The van der Waals surface area contributed by atoms with E-state index in [-0.39, 0.29) is 17.5 Å². The summed E-state index contributed by atoms with van der Waals surface area (Å²) in [4.78, 5) is 27.3. The minimum Gasteiger partial charge on any atom is -0.372 e. The molecular formula is C28H29F2N2O2S+. The molecule has 4 nitrogen and oxygen atoms in total. The standard InChI is InChI=1S/C28H29F2N2O2S/c29-22-5-1-4-20(14-22)28(31-24-7-2-6-23(30)16-24)25(33)15-21-17-32(11-9-19(21)10-12-32)18-26(34)27-8-3-13-35-27/h1-8,13-14,16,19,21,28,31H,9-12,15,17-18H2/q+1. The number of hydrogen-bond acceptors (Lipinski definition) is 4. The number of nitrogens with one attached hydrogen (secondary N) is 1. The summed E-state index contributed by atoms with van der Waals surface area (Å²) >= 11 is 1.48. The van der Waals surface area contributed by atoms with Gasteiger partial charge < -0.3 is 9.80 Å². The van der Waals surface area contributed by atoms with Crippen LogP contribution in [0.5, 0.6) is 0 Å². The molecule has 3 saturated heterocycles. The molecule has 0 spiro atoms. The predicted octanol–water partition coefficient (Wildman–Crippen LogP) is 5.88. The summed E-state index contributed by atoms with van der Waals surface area (Å²) in [5, 5.41) is 5.07. The van der Waals surface area contributed by atoms with Crippen molar-refractivity contribution in [2.24, 2.45) is 11.8 Å². The van der Waals surface area contributed by atoms with Crippen LogP contribution in [0.25, 0.3) is 0 Å². The van der Waals surface area contributed by atoms with Gasteiger partial charge in [0, 0.05) is 30.9 Å². The van der Waals surface area contributed by atoms with Crippen LogP contribution >= 0.6 is 11.3 Å². The van der Waals surface area contributed by atoms with E-state index >= 15 is 0 Å². The average molecular weight is 496 g/mol. The van der Waals surface area contributed by atoms with Gasteiger partial charge in [0.1, 0.15) is 24.2 Å². The van der Waals surface area contributed by atoms with Gasteiger partial charge in [0.25, 0.3) is 0 Å². The Morgan fingerprint density at radius 1 is 1.00 bits per heavy atom. The molecule has 182 valence electrons. The van der Waals surface area contributed by atoms with E-state index in [9.17, 15) is 18.4 Å². The summed E-state index contributed by atoms with van der Waals surface area (Å²) in [6, 6.07) is 15.0. The zero-order chi connectivity index (χ0) is 24.4. The molecule has 7 heteroatoms. The van der Waals surface area contributed by atoms with Crippen LogP contribution in [0.2, 0.25) is 0 Å². The molecule has 3 aliphatic rings. The van der Waals surface area contributed by atoms with E-state index in [1.807, 2.05) is 17.5 Å². The van der Waals surface area contributed by atoms with Crippen molar-refractivity contribution in [3.8, 4) is 0 Å². The molecule has 1 N–H and O–H groups in total. The Labute approximate surface area is 208 Å². The molecule has 0 saturated carbocycles. The van der Waals surface area contributed by atoms with Gasteiger partial charge in [0.05, 0.1) is 24.5 Å². The second kappa shape index (κ2) is 9.99. The highest BCUT2D eigenvalue weighted by molar-refractivity contribution is 7.12. The van der Waals surface area contributed by atoms with Crippen molar-refractivity contribution in [2.75, 3.05) is 31.5 Å². The summed E-state index contributed by atoms with van der Waals surface area (Å²) in [5.41, 5.74) is 1.00. The molecule has 6 rings (SSSR count). The van der Waals surface area contributed by atoms with Gasteiger partial charge in [-0.3, -0.25) is 9.59 Å². The first-order valence-electron chi connectivity index (χ1n) is 12.1. The molecule has 2 atom stereocenters. The highest BCUT2D eigenvalue weighted by Crippen LogP contribution is 2.40.